The van der Waals surface area contributed by atoms with E-state index in [1.807, 2.05) is 0 Å². The molecule has 1 heterocycles. The topological polar surface area (TPSA) is 94.3 Å². The normalized spacial score (nSPS) is 14.3. The second-order valence-corrected chi connectivity index (χ2v) is 9.45. The predicted molar refractivity (Wildman–Crippen MR) is 105 cm³/mol. The molecule has 1 atom stereocenters. The molecular weight excluding hydrogens is 416 g/mol. The summed E-state index contributed by atoms with van der Waals surface area (Å²) >= 11 is 0. The largest absolute Gasteiger partial charge is 0.484 e. The molecule has 160 valence electrons. The van der Waals surface area contributed by atoms with Crippen molar-refractivity contribution in [2.24, 2.45) is 0 Å². The first-order valence-corrected chi connectivity index (χ1v) is 10.8. The molecule has 3 aromatic rings. The Morgan fingerprint density at radius 3 is 2.33 bits per heavy atom. The van der Waals surface area contributed by atoms with Crippen molar-refractivity contribution in [3.63, 3.8) is 0 Å². The quantitative estimate of drug-likeness (QED) is 0.611. The number of ether oxygens (including phenoxy) is 1. The van der Waals surface area contributed by atoms with Gasteiger partial charge in [-0.3, -0.25) is 0 Å². The maximum absolute atomic E-state index is 14.7. The van der Waals surface area contributed by atoms with Gasteiger partial charge in [0.05, 0.1) is 11.4 Å². The highest BCUT2D eigenvalue weighted by Crippen LogP contribution is 2.39. The van der Waals surface area contributed by atoms with Crippen molar-refractivity contribution in [1.82, 2.24) is 14.8 Å². The molecule has 0 aliphatic heterocycles. The first kappa shape index (κ1) is 21.8. The second-order valence-electron chi connectivity index (χ2n) is 7.43. The van der Waals surface area contributed by atoms with Crippen molar-refractivity contribution >= 4 is 9.84 Å². The number of halogens is 2. The number of benzene rings is 2. The van der Waals surface area contributed by atoms with Gasteiger partial charge in [-0.2, -0.15) is 5.10 Å². The molecule has 0 spiro atoms. The van der Waals surface area contributed by atoms with Crippen LogP contribution in [-0.4, -0.2) is 40.1 Å². The number of nitrogens with zero attached hydrogens (tertiary/aromatic N) is 3. The lowest BCUT2D eigenvalue weighted by Gasteiger charge is -2.42. The molecule has 3 rings (SSSR count). The zero-order valence-electron chi connectivity index (χ0n) is 16.6. The predicted octanol–water partition coefficient (Wildman–Crippen LogP) is 2.71. The van der Waals surface area contributed by atoms with E-state index in [1.165, 1.54) is 55.4 Å². The average molecular weight is 437 g/mol. The van der Waals surface area contributed by atoms with Crippen LogP contribution in [0.3, 0.4) is 0 Å². The summed E-state index contributed by atoms with van der Waals surface area (Å²) < 4.78 is 58.7. The molecule has 0 bridgehead atoms. The number of hydrogen-bond donors (Lipinski definition) is 1. The minimum Gasteiger partial charge on any atom is -0.484 e. The molecule has 10 heteroatoms. The van der Waals surface area contributed by atoms with Crippen molar-refractivity contribution in [3.8, 4) is 5.75 Å². The van der Waals surface area contributed by atoms with Gasteiger partial charge in [-0.25, -0.2) is 26.9 Å². The van der Waals surface area contributed by atoms with E-state index in [4.69, 9.17) is 4.74 Å². The summed E-state index contributed by atoms with van der Waals surface area (Å²) in [5.41, 5.74) is -3.63. The Kier molecular flexibility index (Phi) is 5.66. The summed E-state index contributed by atoms with van der Waals surface area (Å²) in [4.78, 5) is 3.93. The molecule has 1 unspecified atom stereocenters. The summed E-state index contributed by atoms with van der Waals surface area (Å²) in [6, 6.07) is 8.50. The molecule has 0 amide bonds. The van der Waals surface area contributed by atoms with Crippen LogP contribution in [0.1, 0.15) is 19.4 Å². The molecule has 0 saturated carbocycles. The highest BCUT2D eigenvalue weighted by molar-refractivity contribution is 7.90. The maximum atomic E-state index is 14.7. The average Bonchev–Trinajstić information content (AvgIpc) is 3.13. The van der Waals surface area contributed by atoms with Gasteiger partial charge in [-0.1, -0.05) is 6.07 Å². The summed E-state index contributed by atoms with van der Waals surface area (Å²) in [6.07, 6.45) is 3.70. The second kappa shape index (κ2) is 7.77. The van der Waals surface area contributed by atoms with E-state index in [1.54, 1.807) is 0 Å². The number of hydrogen-bond acceptors (Lipinski definition) is 6. The highest BCUT2D eigenvalue weighted by Gasteiger charge is 2.49. The van der Waals surface area contributed by atoms with E-state index in [0.29, 0.717) is 6.07 Å². The van der Waals surface area contributed by atoms with Crippen molar-refractivity contribution in [2.75, 3.05) is 6.26 Å². The van der Waals surface area contributed by atoms with Crippen LogP contribution in [0.2, 0.25) is 0 Å². The fraction of sp³-hybridized carbons (Fsp3) is 0.300. The molecule has 0 aliphatic rings. The number of aromatic nitrogens is 3. The Morgan fingerprint density at radius 2 is 1.80 bits per heavy atom. The van der Waals surface area contributed by atoms with E-state index < -0.39 is 32.7 Å². The zero-order chi connectivity index (χ0) is 22.2. The Balaban J connectivity index is 2.03. The van der Waals surface area contributed by atoms with Gasteiger partial charge in [0.2, 0.25) is 0 Å². The van der Waals surface area contributed by atoms with E-state index >= 15 is 0 Å². The summed E-state index contributed by atoms with van der Waals surface area (Å²) in [7, 11) is -3.39. The van der Waals surface area contributed by atoms with Gasteiger partial charge in [-0.05, 0) is 44.2 Å². The molecule has 30 heavy (non-hydrogen) atoms. The van der Waals surface area contributed by atoms with Crippen LogP contribution in [0.25, 0.3) is 0 Å². The van der Waals surface area contributed by atoms with E-state index in [0.717, 1.165) is 18.4 Å². The Bertz CT molecular complexity index is 1130. The lowest BCUT2D eigenvalue weighted by molar-refractivity contribution is -0.135. The van der Waals surface area contributed by atoms with Crippen LogP contribution in [0.4, 0.5) is 8.78 Å². The van der Waals surface area contributed by atoms with Crippen molar-refractivity contribution < 1.29 is 27.0 Å². The Labute approximate surface area is 172 Å². The van der Waals surface area contributed by atoms with Gasteiger partial charge in [0, 0.05) is 17.9 Å². The SMILES string of the molecule is CC(C)(Oc1ccc(S(C)(=O)=O)cc1)C(O)(Cn1cncn1)c1ccc(F)cc1F. The lowest BCUT2D eigenvalue weighted by atomic mass is 9.79. The van der Waals surface area contributed by atoms with Crippen LogP contribution in [-0.2, 0) is 22.0 Å². The summed E-state index contributed by atoms with van der Waals surface area (Å²) in [5.74, 6) is -1.47. The van der Waals surface area contributed by atoms with Gasteiger partial charge in [0.15, 0.2) is 15.4 Å². The monoisotopic (exact) mass is 437 g/mol. The van der Waals surface area contributed by atoms with E-state index in [9.17, 15) is 22.3 Å². The smallest absolute Gasteiger partial charge is 0.175 e. The molecular formula is C20H21F2N3O4S. The lowest BCUT2D eigenvalue weighted by Crippen LogP contribution is -2.54. The maximum Gasteiger partial charge on any atom is 0.175 e. The van der Waals surface area contributed by atoms with E-state index in [-0.39, 0.29) is 22.8 Å². The van der Waals surface area contributed by atoms with Crippen LogP contribution < -0.4 is 4.74 Å². The first-order valence-electron chi connectivity index (χ1n) is 8.92. The van der Waals surface area contributed by atoms with Crippen molar-refractivity contribution in [1.29, 1.82) is 0 Å². The minimum atomic E-state index is -3.39. The van der Waals surface area contributed by atoms with Crippen LogP contribution in [0.5, 0.6) is 5.75 Å². The Morgan fingerprint density at radius 1 is 1.13 bits per heavy atom. The van der Waals surface area contributed by atoms with Crippen molar-refractivity contribution in [2.45, 2.75) is 36.5 Å². The fourth-order valence-electron chi connectivity index (χ4n) is 3.11. The van der Waals surface area contributed by atoms with Crippen molar-refractivity contribution in [3.05, 3.63) is 72.3 Å². The molecule has 2 aromatic carbocycles. The molecule has 0 saturated heterocycles. The van der Waals surface area contributed by atoms with Gasteiger partial charge in [-0.15, -0.1) is 0 Å². The standard InChI is InChI=1S/C20H21F2N3O4S/c1-19(2,29-15-5-7-16(8-6-15)30(3,27)28)20(26,11-25-13-23-12-24-25)17-9-4-14(21)10-18(17)22/h4-10,12-13,26H,11H2,1-3H3. The summed E-state index contributed by atoms with van der Waals surface area (Å²) in [6.45, 7) is 2.85. The van der Waals surface area contributed by atoms with Gasteiger partial charge >= 0.3 is 0 Å². The van der Waals surface area contributed by atoms with Gasteiger partial charge in [0.25, 0.3) is 0 Å². The third kappa shape index (κ3) is 4.34. The molecule has 0 fully saturated rings. The number of sulfone groups is 1. The molecule has 1 N–H and O–H groups in total. The Hall–Kier alpha value is -2.85. The third-order valence-corrected chi connectivity index (χ3v) is 5.98. The number of aliphatic hydroxyl groups is 1. The van der Waals surface area contributed by atoms with Crippen LogP contribution in [0, 0.1) is 11.6 Å². The first-order chi connectivity index (χ1) is 13.9. The van der Waals surface area contributed by atoms with Gasteiger partial charge in [0.1, 0.15) is 35.6 Å². The highest BCUT2D eigenvalue weighted by atomic mass is 32.2. The third-order valence-electron chi connectivity index (χ3n) is 4.85. The fourth-order valence-corrected chi connectivity index (χ4v) is 3.74. The van der Waals surface area contributed by atoms with Crippen LogP contribution >= 0.6 is 0 Å². The minimum absolute atomic E-state index is 0.107. The van der Waals surface area contributed by atoms with E-state index in [2.05, 4.69) is 10.1 Å². The molecule has 0 aliphatic carbocycles. The van der Waals surface area contributed by atoms with Gasteiger partial charge < -0.3 is 9.84 Å². The zero-order valence-corrected chi connectivity index (χ0v) is 17.4. The molecule has 7 nitrogen and oxygen atoms in total. The molecule has 0 radical (unpaired) electrons. The number of rotatable bonds is 7. The summed E-state index contributed by atoms with van der Waals surface area (Å²) in [5, 5.41) is 15.6. The van der Waals surface area contributed by atoms with Crippen LogP contribution in [0.15, 0.2) is 60.0 Å². The molecule has 1 aromatic heterocycles.